The molecule has 1 aliphatic heterocycles. The molecule has 1 N–H and O–H groups in total. The van der Waals surface area contributed by atoms with Crippen molar-refractivity contribution in [3.05, 3.63) is 101 Å². The van der Waals surface area contributed by atoms with Gasteiger partial charge in [0.25, 0.3) is 0 Å². The fourth-order valence-electron chi connectivity index (χ4n) is 5.21. The molecule has 0 atom stereocenters. The summed E-state index contributed by atoms with van der Waals surface area (Å²) in [4.78, 5) is 18.7. The van der Waals surface area contributed by atoms with Crippen LogP contribution in [0, 0.1) is 0 Å². The number of hydrogen-bond donors (Lipinski definition) is 1. The fraction of sp³-hybridized carbons (Fsp3) is 0.167. The Hall–Kier alpha value is -3.81. The minimum absolute atomic E-state index is 0.0250. The van der Waals surface area contributed by atoms with Gasteiger partial charge < -0.3 is 9.88 Å². The van der Waals surface area contributed by atoms with Crippen molar-refractivity contribution < 1.29 is 4.79 Å². The highest BCUT2D eigenvalue weighted by atomic mass is 35.5. The highest BCUT2D eigenvalue weighted by Gasteiger charge is 2.38. The molecule has 1 aliphatic rings. The molecule has 2 aromatic heterocycles. The van der Waals surface area contributed by atoms with Gasteiger partial charge in [0.2, 0.25) is 0 Å². The number of aromatic amines is 1. The molecule has 0 unspecified atom stereocenters. The highest BCUT2D eigenvalue weighted by Crippen LogP contribution is 2.46. The number of fused-ring (bicyclic) bond motifs is 2. The van der Waals surface area contributed by atoms with Crippen LogP contribution >= 0.6 is 23.4 Å². The van der Waals surface area contributed by atoms with Gasteiger partial charge in [0.1, 0.15) is 0 Å². The van der Waals surface area contributed by atoms with Crippen molar-refractivity contribution in [2.75, 3.05) is 17.7 Å². The SMILES string of the molecule is CN1C(=CC(=O)CSc2nnc(-c3c[nH]c4ccccc34)n2-c2ccc(Cl)cc2)C(C)(C)c2ccccc21. The van der Waals surface area contributed by atoms with Crippen LogP contribution in [0.15, 0.2) is 95.9 Å². The molecule has 0 spiro atoms. The first-order chi connectivity index (χ1) is 18.3. The molecule has 190 valence electrons. The van der Waals surface area contributed by atoms with Gasteiger partial charge in [-0.3, -0.25) is 9.36 Å². The number of carbonyl (C=O) groups is 1. The number of carbonyl (C=O) groups excluding carboxylic acids is 1. The predicted octanol–water partition coefficient (Wildman–Crippen LogP) is 7.04. The molecule has 3 heterocycles. The Balaban J connectivity index is 1.33. The number of thioether (sulfide) groups is 1. The van der Waals surface area contributed by atoms with Crippen LogP contribution in [0.25, 0.3) is 28.0 Å². The monoisotopic (exact) mass is 539 g/mol. The average Bonchev–Trinajstić information content (AvgIpc) is 3.58. The number of para-hydroxylation sites is 2. The van der Waals surface area contributed by atoms with Crippen LogP contribution < -0.4 is 4.90 Å². The van der Waals surface area contributed by atoms with Gasteiger partial charge >= 0.3 is 0 Å². The van der Waals surface area contributed by atoms with Crippen molar-refractivity contribution in [3.63, 3.8) is 0 Å². The summed E-state index contributed by atoms with van der Waals surface area (Å²) in [6, 6.07) is 23.9. The van der Waals surface area contributed by atoms with Crippen LogP contribution in [-0.4, -0.2) is 38.3 Å². The van der Waals surface area contributed by atoms with E-state index in [0.717, 1.165) is 33.5 Å². The molecule has 0 bridgehead atoms. The van der Waals surface area contributed by atoms with E-state index < -0.39 is 0 Å². The maximum atomic E-state index is 13.3. The summed E-state index contributed by atoms with van der Waals surface area (Å²) < 4.78 is 1.98. The van der Waals surface area contributed by atoms with Crippen molar-refractivity contribution in [1.82, 2.24) is 19.7 Å². The Kier molecular flexibility index (Phi) is 6.13. The number of halogens is 1. The third-order valence-corrected chi connectivity index (χ3v) is 8.33. The van der Waals surface area contributed by atoms with Gasteiger partial charge in [-0.15, -0.1) is 10.2 Å². The van der Waals surface area contributed by atoms with Gasteiger partial charge in [-0.2, -0.15) is 0 Å². The second-order valence-electron chi connectivity index (χ2n) is 9.85. The summed E-state index contributed by atoms with van der Waals surface area (Å²) in [7, 11) is 2.02. The molecule has 6 nitrogen and oxygen atoms in total. The summed E-state index contributed by atoms with van der Waals surface area (Å²) in [5.41, 5.74) is 5.93. The van der Waals surface area contributed by atoms with Crippen molar-refractivity contribution in [1.29, 1.82) is 0 Å². The third-order valence-electron chi connectivity index (χ3n) is 7.13. The minimum atomic E-state index is -0.252. The highest BCUT2D eigenvalue weighted by molar-refractivity contribution is 7.99. The minimum Gasteiger partial charge on any atom is -0.360 e. The Labute approximate surface area is 230 Å². The van der Waals surface area contributed by atoms with Crippen LogP contribution in [-0.2, 0) is 10.2 Å². The average molecular weight is 540 g/mol. The lowest BCUT2D eigenvalue weighted by atomic mass is 9.83. The second kappa shape index (κ2) is 9.49. The maximum Gasteiger partial charge on any atom is 0.196 e. The molecule has 0 fully saturated rings. The van der Waals surface area contributed by atoms with E-state index in [-0.39, 0.29) is 17.0 Å². The number of benzene rings is 3. The van der Waals surface area contributed by atoms with Crippen LogP contribution in [0.1, 0.15) is 19.4 Å². The first-order valence-electron chi connectivity index (χ1n) is 12.3. The van der Waals surface area contributed by atoms with Gasteiger partial charge in [0, 0.05) is 63.3 Å². The van der Waals surface area contributed by atoms with Gasteiger partial charge in [0.15, 0.2) is 16.8 Å². The zero-order chi connectivity index (χ0) is 26.4. The lowest BCUT2D eigenvalue weighted by Gasteiger charge is -2.23. The zero-order valence-corrected chi connectivity index (χ0v) is 22.8. The molecule has 0 saturated carbocycles. The largest absolute Gasteiger partial charge is 0.360 e. The van der Waals surface area contributed by atoms with Crippen LogP contribution in [0.4, 0.5) is 5.69 Å². The standard InChI is InChI=1S/C30H26ClN5OS/c1-30(2)24-9-5-7-11-26(24)35(3)27(30)16-21(37)18-38-29-34-33-28(36(29)20-14-12-19(31)13-15-20)23-17-32-25-10-6-4-8-22(23)25/h4-17,32H,18H2,1-3H3. The van der Waals surface area contributed by atoms with Crippen molar-refractivity contribution in [2.45, 2.75) is 24.4 Å². The Morgan fingerprint density at radius 3 is 2.55 bits per heavy atom. The zero-order valence-electron chi connectivity index (χ0n) is 21.3. The summed E-state index contributed by atoms with van der Waals surface area (Å²) in [6.45, 7) is 4.32. The Bertz CT molecular complexity index is 1700. The molecule has 0 saturated heterocycles. The van der Waals surface area contributed by atoms with Gasteiger partial charge in [0.05, 0.1) is 5.75 Å². The quantitative estimate of drug-likeness (QED) is 0.185. The first-order valence-corrected chi connectivity index (χ1v) is 13.7. The van der Waals surface area contributed by atoms with E-state index in [2.05, 4.69) is 52.1 Å². The fourth-order valence-corrected chi connectivity index (χ4v) is 6.11. The third kappa shape index (κ3) is 4.12. The Morgan fingerprint density at radius 2 is 1.76 bits per heavy atom. The molecule has 6 rings (SSSR count). The number of H-pyrrole nitrogens is 1. The number of allylic oxidation sites excluding steroid dienone is 2. The van der Waals surface area contributed by atoms with E-state index in [1.54, 1.807) is 6.08 Å². The smallest absolute Gasteiger partial charge is 0.196 e. The van der Waals surface area contributed by atoms with Gasteiger partial charge in [-0.05, 0) is 42.0 Å². The number of rotatable bonds is 6. The van der Waals surface area contributed by atoms with Crippen LogP contribution in [0.5, 0.6) is 0 Å². The van der Waals surface area contributed by atoms with Crippen molar-refractivity contribution in [2.24, 2.45) is 0 Å². The van der Waals surface area contributed by atoms with E-state index >= 15 is 0 Å². The van der Waals surface area contributed by atoms with E-state index in [1.165, 1.54) is 17.3 Å². The van der Waals surface area contributed by atoms with Crippen LogP contribution in [0.2, 0.25) is 5.02 Å². The van der Waals surface area contributed by atoms with E-state index in [0.29, 0.717) is 16.0 Å². The number of nitrogens with one attached hydrogen (secondary N) is 1. The first kappa shape index (κ1) is 24.5. The molecule has 0 amide bonds. The molecule has 38 heavy (non-hydrogen) atoms. The van der Waals surface area contributed by atoms with Crippen molar-refractivity contribution in [3.8, 4) is 17.1 Å². The molecular formula is C30H26ClN5OS. The Morgan fingerprint density at radius 1 is 1.03 bits per heavy atom. The number of aromatic nitrogens is 4. The molecule has 3 aromatic carbocycles. The molecule has 8 heteroatoms. The van der Waals surface area contributed by atoms with E-state index in [1.807, 2.05) is 72.4 Å². The number of anilines is 1. The topological polar surface area (TPSA) is 66.8 Å². The number of ketones is 1. The molecule has 0 aliphatic carbocycles. The second-order valence-corrected chi connectivity index (χ2v) is 11.2. The normalized spacial score (nSPS) is 15.4. The number of nitrogens with zero attached hydrogens (tertiary/aromatic N) is 4. The van der Waals surface area contributed by atoms with Crippen LogP contribution in [0.3, 0.4) is 0 Å². The molecular weight excluding hydrogens is 514 g/mol. The summed E-state index contributed by atoms with van der Waals surface area (Å²) in [5, 5.41) is 11.4. The van der Waals surface area contributed by atoms with E-state index in [9.17, 15) is 4.79 Å². The predicted molar refractivity (Wildman–Crippen MR) is 155 cm³/mol. The summed E-state index contributed by atoms with van der Waals surface area (Å²) in [6.07, 6.45) is 3.72. The lowest BCUT2D eigenvalue weighted by molar-refractivity contribution is -0.112. The molecule has 5 aromatic rings. The summed E-state index contributed by atoms with van der Waals surface area (Å²) in [5.74, 6) is 0.964. The number of hydrogen-bond acceptors (Lipinski definition) is 5. The van der Waals surface area contributed by atoms with E-state index in [4.69, 9.17) is 11.6 Å². The van der Waals surface area contributed by atoms with Gasteiger partial charge in [-0.25, -0.2) is 0 Å². The summed E-state index contributed by atoms with van der Waals surface area (Å²) >= 11 is 7.56. The maximum absolute atomic E-state index is 13.3. The van der Waals surface area contributed by atoms with Gasteiger partial charge in [-0.1, -0.05) is 73.6 Å². The lowest BCUT2D eigenvalue weighted by Crippen LogP contribution is -2.24. The molecule has 0 radical (unpaired) electrons. The number of likely N-dealkylation sites (N-methyl/N-ethyl adjacent to an activating group) is 1. The van der Waals surface area contributed by atoms with Crippen molar-refractivity contribution >= 4 is 45.7 Å².